The van der Waals surface area contributed by atoms with Crippen LogP contribution in [0.1, 0.15) is 19.4 Å². The number of para-hydroxylation sites is 2. The lowest BCUT2D eigenvalue weighted by Gasteiger charge is -2.42. The van der Waals surface area contributed by atoms with Gasteiger partial charge in [-0.2, -0.15) is 0 Å². The monoisotopic (exact) mass is 427 g/mol. The van der Waals surface area contributed by atoms with Crippen molar-refractivity contribution in [2.45, 2.75) is 25.9 Å². The highest BCUT2D eigenvalue weighted by Crippen LogP contribution is 2.40. The van der Waals surface area contributed by atoms with E-state index < -0.39 is 5.54 Å². The summed E-state index contributed by atoms with van der Waals surface area (Å²) < 4.78 is 16.3. The highest BCUT2D eigenvalue weighted by Gasteiger charge is 2.43. The summed E-state index contributed by atoms with van der Waals surface area (Å²) in [6.07, 6.45) is 0. The molecule has 1 aliphatic heterocycles. The van der Waals surface area contributed by atoms with Gasteiger partial charge in [0.15, 0.2) is 11.5 Å². The summed E-state index contributed by atoms with van der Waals surface area (Å²) in [7, 11) is 6.53. The molecule has 166 valence electrons. The summed E-state index contributed by atoms with van der Waals surface area (Å²) in [4.78, 5) is 29.4. The Hall–Kier alpha value is -3.26. The average molecular weight is 428 g/mol. The van der Waals surface area contributed by atoms with E-state index in [0.29, 0.717) is 35.2 Å². The van der Waals surface area contributed by atoms with E-state index >= 15 is 0 Å². The molecule has 8 heteroatoms. The number of rotatable bonds is 7. The number of nitrogens with zero attached hydrogens (tertiary/aromatic N) is 2. The number of fused-ring (bicyclic) bond motifs is 1. The highest BCUT2D eigenvalue weighted by atomic mass is 16.5. The number of carbonyl (C=O) groups is 2. The second-order valence-electron chi connectivity index (χ2n) is 7.93. The van der Waals surface area contributed by atoms with Gasteiger partial charge in [0, 0.05) is 12.1 Å². The molecule has 0 fully saturated rings. The molecule has 0 aliphatic carbocycles. The van der Waals surface area contributed by atoms with Crippen LogP contribution < -0.4 is 24.4 Å². The molecule has 0 bridgehead atoms. The van der Waals surface area contributed by atoms with Gasteiger partial charge in [0.05, 0.1) is 39.2 Å². The minimum absolute atomic E-state index is 0.114. The number of likely N-dealkylation sites (N-methyl/N-ethyl adjacent to an activating group) is 1. The van der Waals surface area contributed by atoms with Crippen LogP contribution >= 0.6 is 0 Å². The van der Waals surface area contributed by atoms with Gasteiger partial charge in [-0.15, -0.1) is 0 Å². The van der Waals surface area contributed by atoms with Gasteiger partial charge in [-0.3, -0.25) is 19.4 Å². The van der Waals surface area contributed by atoms with Crippen molar-refractivity contribution in [2.75, 3.05) is 45.1 Å². The van der Waals surface area contributed by atoms with Crippen molar-refractivity contribution >= 4 is 23.2 Å². The van der Waals surface area contributed by atoms with Gasteiger partial charge in [-0.25, -0.2) is 0 Å². The highest BCUT2D eigenvalue weighted by molar-refractivity contribution is 6.14. The zero-order valence-electron chi connectivity index (χ0n) is 18.8. The summed E-state index contributed by atoms with van der Waals surface area (Å²) in [5, 5.41) is 2.88. The van der Waals surface area contributed by atoms with Gasteiger partial charge in [-0.05, 0) is 39.1 Å². The van der Waals surface area contributed by atoms with Crippen LogP contribution in [0.2, 0.25) is 0 Å². The fraction of sp³-hybridized carbons (Fsp3) is 0.391. The van der Waals surface area contributed by atoms with Crippen LogP contribution in [0.15, 0.2) is 36.4 Å². The molecule has 31 heavy (non-hydrogen) atoms. The minimum atomic E-state index is -1.01. The van der Waals surface area contributed by atoms with Gasteiger partial charge in [0.2, 0.25) is 17.6 Å². The molecule has 0 radical (unpaired) electrons. The molecule has 0 atom stereocenters. The Bertz CT molecular complexity index is 989. The number of anilines is 2. The zero-order chi connectivity index (χ0) is 22.8. The summed E-state index contributed by atoms with van der Waals surface area (Å²) in [6.45, 7) is 4.04. The largest absolute Gasteiger partial charge is 0.493 e. The van der Waals surface area contributed by atoms with Gasteiger partial charge >= 0.3 is 0 Å². The van der Waals surface area contributed by atoms with E-state index in [-0.39, 0.29) is 18.4 Å². The molecular weight excluding hydrogens is 398 g/mol. The number of hydrogen-bond acceptors (Lipinski definition) is 6. The van der Waals surface area contributed by atoms with Crippen LogP contribution in [-0.2, 0) is 16.1 Å². The molecule has 3 rings (SSSR count). The van der Waals surface area contributed by atoms with Gasteiger partial charge < -0.3 is 19.5 Å². The molecule has 2 amide bonds. The molecule has 8 nitrogen and oxygen atoms in total. The lowest BCUT2D eigenvalue weighted by molar-refractivity contribution is -0.127. The Kier molecular flexibility index (Phi) is 6.40. The van der Waals surface area contributed by atoms with Crippen LogP contribution in [0.5, 0.6) is 17.2 Å². The van der Waals surface area contributed by atoms with E-state index in [1.54, 1.807) is 52.2 Å². The molecule has 1 aliphatic rings. The number of amides is 2. The molecule has 0 aromatic heterocycles. The molecule has 1 N–H and O–H groups in total. The third-order valence-corrected chi connectivity index (χ3v) is 5.39. The Morgan fingerprint density at radius 1 is 1.03 bits per heavy atom. The molecule has 2 aromatic carbocycles. The average Bonchev–Trinajstić information content (AvgIpc) is 2.73. The molecule has 0 saturated carbocycles. The van der Waals surface area contributed by atoms with Crippen molar-refractivity contribution in [1.29, 1.82) is 0 Å². The zero-order valence-corrected chi connectivity index (χ0v) is 18.8. The maximum Gasteiger partial charge on any atom is 0.250 e. The van der Waals surface area contributed by atoms with Crippen LogP contribution in [0.3, 0.4) is 0 Å². The van der Waals surface area contributed by atoms with E-state index in [1.807, 2.05) is 36.2 Å². The molecule has 0 spiro atoms. The Morgan fingerprint density at radius 2 is 1.71 bits per heavy atom. The summed E-state index contributed by atoms with van der Waals surface area (Å²) in [6, 6.07) is 11.0. The number of hydrogen-bond donors (Lipinski definition) is 1. The number of nitrogens with one attached hydrogen (secondary N) is 1. The number of benzene rings is 2. The molecule has 0 unspecified atom stereocenters. The van der Waals surface area contributed by atoms with Crippen LogP contribution in [0.25, 0.3) is 0 Å². The predicted octanol–water partition coefficient (Wildman–Crippen LogP) is 2.91. The van der Waals surface area contributed by atoms with Crippen molar-refractivity contribution in [2.24, 2.45) is 0 Å². The van der Waals surface area contributed by atoms with Crippen molar-refractivity contribution in [3.8, 4) is 17.2 Å². The Labute approximate surface area is 182 Å². The predicted molar refractivity (Wildman–Crippen MR) is 119 cm³/mol. The fourth-order valence-corrected chi connectivity index (χ4v) is 3.83. The summed E-state index contributed by atoms with van der Waals surface area (Å²) in [5.74, 6) is 1.24. The van der Waals surface area contributed by atoms with Crippen LogP contribution in [0.4, 0.5) is 11.4 Å². The lowest BCUT2D eigenvalue weighted by atomic mass is 9.96. The quantitative estimate of drug-likeness (QED) is 0.732. The van der Waals surface area contributed by atoms with E-state index in [9.17, 15) is 9.59 Å². The Balaban J connectivity index is 1.84. The van der Waals surface area contributed by atoms with Crippen LogP contribution in [0, 0.1) is 0 Å². The normalized spacial score (nSPS) is 14.7. The van der Waals surface area contributed by atoms with Crippen molar-refractivity contribution in [3.05, 3.63) is 42.0 Å². The van der Waals surface area contributed by atoms with Crippen molar-refractivity contribution < 1.29 is 23.8 Å². The van der Waals surface area contributed by atoms with E-state index in [2.05, 4.69) is 5.32 Å². The SMILES string of the molecule is COc1ccc(CN(C)CC(=O)N2c3ccccc3NC(=O)C2(C)C)c(OC)c1OC. The molecule has 2 aromatic rings. The number of ether oxygens (including phenoxy) is 3. The van der Waals surface area contributed by atoms with Crippen molar-refractivity contribution in [1.82, 2.24) is 4.90 Å². The first-order valence-corrected chi connectivity index (χ1v) is 9.94. The summed E-state index contributed by atoms with van der Waals surface area (Å²) in [5.41, 5.74) is 1.16. The Morgan fingerprint density at radius 3 is 2.35 bits per heavy atom. The first-order chi connectivity index (χ1) is 14.7. The molecular formula is C23H29N3O5. The third-order valence-electron chi connectivity index (χ3n) is 5.39. The second-order valence-corrected chi connectivity index (χ2v) is 7.93. The van der Waals surface area contributed by atoms with E-state index in [0.717, 1.165) is 5.56 Å². The number of methoxy groups -OCH3 is 3. The third kappa shape index (κ3) is 4.16. The van der Waals surface area contributed by atoms with Crippen molar-refractivity contribution in [3.63, 3.8) is 0 Å². The first-order valence-electron chi connectivity index (χ1n) is 9.94. The second kappa shape index (κ2) is 8.85. The smallest absolute Gasteiger partial charge is 0.250 e. The topological polar surface area (TPSA) is 80.3 Å². The molecule has 0 saturated heterocycles. The molecule has 1 heterocycles. The lowest BCUT2D eigenvalue weighted by Crippen LogP contribution is -2.60. The van der Waals surface area contributed by atoms with E-state index in [1.165, 1.54) is 0 Å². The van der Waals surface area contributed by atoms with Crippen LogP contribution in [-0.4, -0.2) is 57.2 Å². The number of carbonyl (C=O) groups excluding carboxylic acids is 2. The fourth-order valence-electron chi connectivity index (χ4n) is 3.83. The standard InChI is InChI=1S/C23H29N3O5/c1-23(2)22(28)24-16-9-7-8-10-17(16)26(23)19(27)14-25(3)13-15-11-12-18(29-4)21(31-6)20(15)30-5/h7-12H,13-14H2,1-6H3,(H,24,28). The first kappa shape index (κ1) is 22.4. The van der Waals surface area contributed by atoms with E-state index in [4.69, 9.17) is 14.2 Å². The minimum Gasteiger partial charge on any atom is -0.493 e. The van der Waals surface area contributed by atoms with Gasteiger partial charge in [-0.1, -0.05) is 18.2 Å². The van der Waals surface area contributed by atoms with Gasteiger partial charge in [0.1, 0.15) is 5.54 Å². The maximum atomic E-state index is 13.3. The summed E-state index contributed by atoms with van der Waals surface area (Å²) >= 11 is 0. The van der Waals surface area contributed by atoms with Gasteiger partial charge in [0.25, 0.3) is 0 Å². The maximum absolute atomic E-state index is 13.3.